The number of amides is 1. The summed E-state index contributed by atoms with van der Waals surface area (Å²) in [5, 5.41) is 2.73. The summed E-state index contributed by atoms with van der Waals surface area (Å²) in [6.07, 6.45) is 1.00. The average Bonchev–Trinajstić information content (AvgIpc) is 2.79. The molecular formula is C23H27NO7. The first kappa shape index (κ1) is 23.7. The number of hydrogen-bond donors (Lipinski definition) is 1. The second-order valence-electron chi connectivity index (χ2n) is 6.70. The summed E-state index contributed by atoms with van der Waals surface area (Å²) in [6, 6.07) is 12.5. The molecule has 31 heavy (non-hydrogen) atoms. The minimum Gasteiger partial charge on any atom is -0.493 e. The Balaban J connectivity index is 1.76. The van der Waals surface area contributed by atoms with Crippen molar-refractivity contribution < 1.29 is 33.3 Å². The minimum absolute atomic E-state index is 0.0273. The van der Waals surface area contributed by atoms with E-state index in [1.54, 1.807) is 0 Å². The number of hydrogen-bond acceptors (Lipinski definition) is 7. The lowest BCUT2D eigenvalue weighted by atomic mass is 10.1. The molecule has 2 aromatic carbocycles. The number of methoxy groups -OCH3 is 2. The van der Waals surface area contributed by atoms with Crippen molar-refractivity contribution in [2.45, 2.75) is 19.8 Å². The van der Waals surface area contributed by atoms with Gasteiger partial charge in [-0.25, -0.2) is 9.59 Å². The van der Waals surface area contributed by atoms with E-state index in [0.717, 1.165) is 5.56 Å². The molecular weight excluding hydrogens is 402 g/mol. The highest BCUT2D eigenvalue weighted by molar-refractivity contribution is 5.90. The van der Waals surface area contributed by atoms with Gasteiger partial charge in [0.05, 0.1) is 26.3 Å². The lowest BCUT2D eigenvalue weighted by molar-refractivity contribution is -0.142. The van der Waals surface area contributed by atoms with Gasteiger partial charge < -0.3 is 24.3 Å². The first-order chi connectivity index (χ1) is 14.9. The van der Waals surface area contributed by atoms with Crippen LogP contribution < -0.4 is 14.8 Å². The minimum atomic E-state index is -0.584. The highest BCUT2D eigenvalue weighted by Gasteiger charge is 2.14. The smallest absolute Gasteiger partial charge is 0.343 e. The third-order valence-electron chi connectivity index (χ3n) is 4.39. The standard InChI is InChI=1S/C23H27NO7/c1-16-4-6-17(7-5-16)8-11-21(25)24-12-13-30-23(27)18-9-10-19(28-2)20(14-18)31-15-22(26)29-3/h4-7,9-10,14H,8,11-13,15H2,1-3H3,(H,24,25). The van der Waals surface area contributed by atoms with E-state index < -0.39 is 11.9 Å². The normalized spacial score (nSPS) is 10.2. The number of carbonyl (C=O) groups excluding carboxylic acids is 3. The highest BCUT2D eigenvalue weighted by Crippen LogP contribution is 2.28. The van der Waals surface area contributed by atoms with Crippen LogP contribution in [0.25, 0.3) is 0 Å². The number of benzene rings is 2. The summed E-state index contributed by atoms with van der Waals surface area (Å²) in [7, 11) is 2.69. The molecule has 8 nitrogen and oxygen atoms in total. The fraction of sp³-hybridized carbons (Fsp3) is 0.348. The SMILES string of the molecule is COC(=O)COc1cc(C(=O)OCCNC(=O)CCc2ccc(C)cc2)ccc1OC. The Morgan fingerprint density at radius 2 is 1.71 bits per heavy atom. The third-order valence-corrected chi connectivity index (χ3v) is 4.39. The molecule has 0 radical (unpaired) electrons. The van der Waals surface area contributed by atoms with Crippen LogP contribution in [0.4, 0.5) is 0 Å². The Hall–Kier alpha value is -3.55. The second-order valence-corrected chi connectivity index (χ2v) is 6.70. The van der Waals surface area contributed by atoms with Crippen LogP contribution in [0.2, 0.25) is 0 Å². The van der Waals surface area contributed by atoms with Crippen molar-refractivity contribution in [2.24, 2.45) is 0 Å². The van der Waals surface area contributed by atoms with Gasteiger partial charge in [-0.3, -0.25) is 4.79 Å². The number of esters is 2. The predicted molar refractivity (Wildman–Crippen MR) is 113 cm³/mol. The monoisotopic (exact) mass is 429 g/mol. The van der Waals surface area contributed by atoms with Crippen molar-refractivity contribution in [3.05, 3.63) is 59.2 Å². The summed E-state index contributed by atoms with van der Waals surface area (Å²) in [6.45, 7) is 1.93. The van der Waals surface area contributed by atoms with Gasteiger partial charge in [-0.1, -0.05) is 29.8 Å². The zero-order valence-corrected chi connectivity index (χ0v) is 17.9. The van der Waals surface area contributed by atoms with E-state index in [1.807, 2.05) is 31.2 Å². The van der Waals surface area contributed by atoms with Gasteiger partial charge in [0, 0.05) is 6.42 Å². The number of carbonyl (C=O) groups is 3. The van der Waals surface area contributed by atoms with Crippen LogP contribution in [0.5, 0.6) is 11.5 Å². The third kappa shape index (κ3) is 8.00. The number of rotatable bonds is 11. The molecule has 166 valence electrons. The number of ether oxygens (including phenoxy) is 4. The average molecular weight is 429 g/mol. The van der Waals surface area contributed by atoms with E-state index in [9.17, 15) is 14.4 Å². The fourth-order valence-corrected chi connectivity index (χ4v) is 2.63. The van der Waals surface area contributed by atoms with Crippen LogP contribution >= 0.6 is 0 Å². The van der Waals surface area contributed by atoms with Gasteiger partial charge >= 0.3 is 11.9 Å². The van der Waals surface area contributed by atoms with Crippen LogP contribution in [-0.2, 0) is 25.5 Å². The van der Waals surface area contributed by atoms with Crippen LogP contribution in [0.1, 0.15) is 27.9 Å². The van der Waals surface area contributed by atoms with Gasteiger partial charge in [0.25, 0.3) is 0 Å². The van der Waals surface area contributed by atoms with Crippen LogP contribution in [0.3, 0.4) is 0 Å². The Morgan fingerprint density at radius 3 is 2.39 bits per heavy atom. The summed E-state index contributed by atoms with van der Waals surface area (Å²) in [5.74, 6) is -0.680. The number of aryl methyl sites for hydroxylation is 2. The molecule has 0 aliphatic carbocycles. The van der Waals surface area contributed by atoms with Crippen molar-refractivity contribution in [1.82, 2.24) is 5.32 Å². The summed E-state index contributed by atoms with van der Waals surface area (Å²) >= 11 is 0. The summed E-state index contributed by atoms with van der Waals surface area (Å²) in [5.41, 5.74) is 2.50. The molecule has 0 heterocycles. The molecule has 0 aliphatic heterocycles. The van der Waals surface area contributed by atoms with Crippen molar-refractivity contribution in [3.63, 3.8) is 0 Å². The molecule has 1 N–H and O–H groups in total. The fourth-order valence-electron chi connectivity index (χ4n) is 2.63. The molecule has 8 heteroatoms. The summed E-state index contributed by atoms with van der Waals surface area (Å²) < 4.78 is 20.2. The zero-order chi connectivity index (χ0) is 22.6. The predicted octanol–water partition coefficient (Wildman–Crippen LogP) is 2.46. The van der Waals surface area contributed by atoms with Gasteiger partial charge in [-0.05, 0) is 37.1 Å². The van der Waals surface area contributed by atoms with Crippen LogP contribution in [0, 0.1) is 6.92 Å². The molecule has 1 amide bonds. The van der Waals surface area contributed by atoms with Crippen molar-refractivity contribution in [3.8, 4) is 11.5 Å². The van der Waals surface area contributed by atoms with Gasteiger partial charge in [0.1, 0.15) is 6.61 Å². The van der Waals surface area contributed by atoms with Crippen LogP contribution in [-0.4, -0.2) is 51.8 Å². The van der Waals surface area contributed by atoms with Gasteiger partial charge in [-0.2, -0.15) is 0 Å². The molecule has 0 atom stereocenters. The molecule has 0 bridgehead atoms. The molecule has 0 aliphatic rings. The van der Waals surface area contributed by atoms with Crippen LogP contribution in [0.15, 0.2) is 42.5 Å². The summed E-state index contributed by atoms with van der Waals surface area (Å²) in [4.78, 5) is 35.5. The lowest BCUT2D eigenvalue weighted by Gasteiger charge is -2.12. The Morgan fingerprint density at radius 1 is 0.968 bits per heavy atom. The molecule has 0 aromatic heterocycles. The first-order valence-corrected chi connectivity index (χ1v) is 9.80. The molecule has 2 rings (SSSR count). The second kappa shape index (κ2) is 12.2. The van der Waals surface area contributed by atoms with E-state index in [4.69, 9.17) is 14.2 Å². The molecule has 0 spiro atoms. The quantitative estimate of drug-likeness (QED) is 0.433. The first-order valence-electron chi connectivity index (χ1n) is 9.80. The molecule has 0 unspecified atom stereocenters. The molecule has 2 aromatic rings. The maximum absolute atomic E-state index is 12.3. The Kier molecular flexibility index (Phi) is 9.35. The van der Waals surface area contributed by atoms with Gasteiger partial charge in [-0.15, -0.1) is 0 Å². The maximum Gasteiger partial charge on any atom is 0.343 e. The highest BCUT2D eigenvalue weighted by atomic mass is 16.6. The topological polar surface area (TPSA) is 100 Å². The van der Waals surface area contributed by atoms with E-state index in [-0.39, 0.29) is 37.0 Å². The Labute approximate surface area is 181 Å². The van der Waals surface area contributed by atoms with E-state index in [0.29, 0.717) is 18.6 Å². The van der Waals surface area contributed by atoms with E-state index in [1.165, 1.54) is 38.0 Å². The van der Waals surface area contributed by atoms with E-state index >= 15 is 0 Å². The zero-order valence-electron chi connectivity index (χ0n) is 17.9. The van der Waals surface area contributed by atoms with E-state index in [2.05, 4.69) is 10.1 Å². The maximum atomic E-state index is 12.3. The number of nitrogens with one attached hydrogen (secondary N) is 1. The lowest BCUT2D eigenvalue weighted by Crippen LogP contribution is -2.28. The van der Waals surface area contributed by atoms with Crippen molar-refractivity contribution >= 4 is 17.8 Å². The molecule has 0 saturated carbocycles. The van der Waals surface area contributed by atoms with Crippen molar-refractivity contribution in [1.29, 1.82) is 0 Å². The van der Waals surface area contributed by atoms with Gasteiger partial charge in [0.15, 0.2) is 18.1 Å². The van der Waals surface area contributed by atoms with Crippen molar-refractivity contribution in [2.75, 3.05) is 34.0 Å². The molecule has 0 saturated heterocycles. The molecule has 0 fully saturated rings. The van der Waals surface area contributed by atoms with Gasteiger partial charge in [0.2, 0.25) is 5.91 Å². The Bertz CT molecular complexity index is 893. The largest absolute Gasteiger partial charge is 0.493 e.